The number of phosphoric acid groups is 1. The summed E-state index contributed by atoms with van der Waals surface area (Å²) in [5.41, 5.74) is 1.97. The van der Waals surface area contributed by atoms with Crippen LogP contribution < -0.4 is 23.5 Å². The molecule has 36 heavy (non-hydrogen) atoms. The topological polar surface area (TPSA) is 108 Å². The quantitative estimate of drug-likeness (QED) is 0.268. The van der Waals surface area contributed by atoms with E-state index in [9.17, 15) is 9.36 Å². The maximum absolute atomic E-state index is 13.3. The van der Waals surface area contributed by atoms with E-state index in [2.05, 4.69) is 0 Å². The van der Waals surface area contributed by atoms with Crippen LogP contribution in [0.5, 0.6) is 28.7 Å². The lowest BCUT2D eigenvalue weighted by Gasteiger charge is -2.21. The zero-order valence-electron chi connectivity index (χ0n) is 20.2. The zero-order chi connectivity index (χ0) is 25.4. The minimum Gasteiger partial charge on any atom is -0.493 e. The maximum atomic E-state index is 13.3. The SMILES string of the molecule is CCOP(=O)(OCC)Oc1cc2c(cc1-c1c3c(cc4cc(OC)c(OC)cc14)COC3=O)OCO2. The fraction of sp³-hybridized carbons (Fsp3) is 0.320. The van der Waals surface area contributed by atoms with Crippen LogP contribution in [0.25, 0.3) is 21.9 Å². The number of benzene rings is 3. The van der Waals surface area contributed by atoms with E-state index in [-0.39, 0.29) is 32.4 Å². The van der Waals surface area contributed by atoms with Crippen molar-refractivity contribution < 1.29 is 46.6 Å². The van der Waals surface area contributed by atoms with Crippen LogP contribution in [0.15, 0.2) is 30.3 Å². The first-order valence-electron chi connectivity index (χ1n) is 11.3. The van der Waals surface area contributed by atoms with Gasteiger partial charge in [-0.05, 0) is 48.9 Å². The molecule has 11 heteroatoms. The number of carbonyl (C=O) groups excluding carboxylic acids is 1. The predicted molar refractivity (Wildman–Crippen MR) is 129 cm³/mol. The zero-order valence-corrected chi connectivity index (χ0v) is 21.1. The largest absolute Gasteiger partial charge is 0.530 e. The molecule has 0 aromatic heterocycles. The molecule has 0 aliphatic carbocycles. The molecule has 2 heterocycles. The van der Waals surface area contributed by atoms with Crippen LogP contribution in [-0.4, -0.2) is 40.2 Å². The molecule has 3 aromatic rings. The number of hydrogen-bond donors (Lipinski definition) is 0. The van der Waals surface area contributed by atoms with E-state index in [0.717, 1.165) is 5.39 Å². The highest BCUT2D eigenvalue weighted by Crippen LogP contribution is 2.55. The van der Waals surface area contributed by atoms with Crippen molar-refractivity contribution >= 4 is 24.6 Å². The molecule has 0 spiro atoms. The lowest BCUT2D eigenvalue weighted by atomic mass is 9.89. The van der Waals surface area contributed by atoms with E-state index in [1.165, 1.54) is 7.11 Å². The second kappa shape index (κ2) is 9.54. The van der Waals surface area contributed by atoms with Crippen molar-refractivity contribution in [2.45, 2.75) is 20.5 Å². The Morgan fingerprint density at radius 2 is 1.50 bits per heavy atom. The Labute approximate surface area is 207 Å². The Balaban J connectivity index is 1.82. The molecule has 0 bridgehead atoms. The van der Waals surface area contributed by atoms with Crippen LogP contribution in [0.3, 0.4) is 0 Å². The van der Waals surface area contributed by atoms with Gasteiger partial charge in [0.1, 0.15) is 12.4 Å². The molecule has 0 radical (unpaired) electrons. The number of hydrogen-bond acceptors (Lipinski definition) is 10. The summed E-state index contributed by atoms with van der Waals surface area (Å²) >= 11 is 0. The number of rotatable bonds is 9. The van der Waals surface area contributed by atoms with Crippen molar-refractivity contribution in [1.82, 2.24) is 0 Å². The molecule has 0 atom stereocenters. The van der Waals surface area contributed by atoms with E-state index in [4.69, 9.17) is 37.3 Å². The van der Waals surface area contributed by atoms with Gasteiger partial charge < -0.3 is 28.2 Å². The van der Waals surface area contributed by atoms with E-state index >= 15 is 0 Å². The first kappa shape index (κ1) is 24.2. The maximum Gasteiger partial charge on any atom is 0.530 e. The van der Waals surface area contributed by atoms with Crippen LogP contribution in [0.4, 0.5) is 0 Å². The van der Waals surface area contributed by atoms with E-state index < -0.39 is 13.8 Å². The van der Waals surface area contributed by atoms with Gasteiger partial charge in [0, 0.05) is 22.8 Å². The van der Waals surface area contributed by atoms with Crippen LogP contribution in [0.2, 0.25) is 0 Å². The number of esters is 1. The lowest BCUT2D eigenvalue weighted by Crippen LogP contribution is -2.05. The van der Waals surface area contributed by atoms with Crippen molar-refractivity contribution in [2.75, 3.05) is 34.2 Å². The van der Waals surface area contributed by atoms with Crippen molar-refractivity contribution in [2.24, 2.45) is 0 Å². The molecule has 0 amide bonds. The summed E-state index contributed by atoms with van der Waals surface area (Å²) < 4.78 is 57.5. The van der Waals surface area contributed by atoms with Gasteiger partial charge in [0.15, 0.2) is 23.0 Å². The summed E-state index contributed by atoms with van der Waals surface area (Å²) in [5.74, 6) is 1.48. The van der Waals surface area contributed by atoms with Crippen LogP contribution >= 0.6 is 7.82 Å². The Bertz CT molecular complexity index is 1390. The summed E-state index contributed by atoms with van der Waals surface area (Å²) in [7, 11) is -0.917. The Hall–Kier alpha value is -3.46. The minimum absolute atomic E-state index is 0.00746. The summed E-state index contributed by atoms with van der Waals surface area (Å²) in [6.07, 6.45) is 0. The van der Waals surface area contributed by atoms with Gasteiger partial charge in [-0.25, -0.2) is 9.36 Å². The Kier molecular flexibility index (Phi) is 6.42. The molecule has 3 aromatic carbocycles. The first-order chi connectivity index (χ1) is 17.4. The Morgan fingerprint density at radius 1 is 0.833 bits per heavy atom. The summed E-state index contributed by atoms with van der Waals surface area (Å²) in [6, 6.07) is 8.69. The van der Waals surface area contributed by atoms with E-state index in [1.54, 1.807) is 39.2 Å². The fourth-order valence-electron chi connectivity index (χ4n) is 4.35. The third-order valence-corrected chi connectivity index (χ3v) is 7.39. The molecular weight excluding hydrogens is 491 g/mol. The predicted octanol–water partition coefficient (Wildman–Crippen LogP) is 5.48. The molecular formula is C25H25O10P. The van der Waals surface area contributed by atoms with Crippen molar-refractivity contribution in [3.63, 3.8) is 0 Å². The van der Waals surface area contributed by atoms with Gasteiger partial charge in [0.05, 0.1) is 33.0 Å². The number of carbonyl (C=O) groups is 1. The standard InChI is InChI=1S/C25H25O10P/c1-5-33-36(27,34-6-2)35-18-11-22-21(31-13-32-22)10-17(18)24-16-9-20(29-4)19(28-3)8-14(16)7-15-12-30-25(26)23(15)24/h7-11H,5-6,12-13H2,1-4H3. The number of phosphoric ester groups is 1. The number of ether oxygens (including phenoxy) is 5. The van der Waals surface area contributed by atoms with Crippen LogP contribution in [0.1, 0.15) is 29.8 Å². The van der Waals surface area contributed by atoms with Gasteiger partial charge >= 0.3 is 13.8 Å². The van der Waals surface area contributed by atoms with E-state index in [1.807, 2.05) is 12.1 Å². The minimum atomic E-state index is -3.99. The van der Waals surface area contributed by atoms with Crippen molar-refractivity contribution in [3.05, 3.63) is 41.5 Å². The molecule has 10 nitrogen and oxygen atoms in total. The molecule has 0 N–H and O–H groups in total. The number of methoxy groups -OCH3 is 2. The van der Waals surface area contributed by atoms with Gasteiger partial charge in [-0.2, -0.15) is 0 Å². The highest BCUT2D eigenvalue weighted by Gasteiger charge is 2.34. The van der Waals surface area contributed by atoms with Crippen LogP contribution in [0, 0.1) is 0 Å². The van der Waals surface area contributed by atoms with Gasteiger partial charge in [0.2, 0.25) is 6.79 Å². The first-order valence-corrected chi connectivity index (χ1v) is 12.8. The fourth-order valence-corrected chi connectivity index (χ4v) is 5.55. The highest BCUT2D eigenvalue weighted by atomic mass is 31.2. The second-order valence-corrected chi connectivity index (χ2v) is 9.46. The van der Waals surface area contributed by atoms with E-state index in [0.29, 0.717) is 50.6 Å². The van der Waals surface area contributed by atoms with Gasteiger partial charge in [-0.3, -0.25) is 9.05 Å². The molecule has 0 saturated heterocycles. The smallest absolute Gasteiger partial charge is 0.493 e. The molecule has 2 aliphatic heterocycles. The third kappa shape index (κ3) is 4.11. The summed E-state index contributed by atoms with van der Waals surface area (Å²) in [6.45, 7) is 3.69. The molecule has 2 aliphatic rings. The molecule has 190 valence electrons. The van der Waals surface area contributed by atoms with Crippen LogP contribution in [-0.2, 0) is 25.0 Å². The van der Waals surface area contributed by atoms with Gasteiger partial charge in [-0.15, -0.1) is 0 Å². The second-order valence-electron chi connectivity index (χ2n) is 7.87. The van der Waals surface area contributed by atoms with Crippen molar-refractivity contribution in [1.29, 1.82) is 0 Å². The monoisotopic (exact) mass is 516 g/mol. The highest BCUT2D eigenvalue weighted by molar-refractivity contribution is 7.48. The summed E-state index contributed by atoms with van der Waals surface area (Å²) in [4.78, 5) is 12.9. The number of cyclic esters (lactones) is 1. The van der Waals surface area contributed by atoms with Gasteiger partial charge in [0.25, 0.3) is 0 Å². The van der Waals surface area contributed by atoms with Gasteiger partial charge in [-0.1, -0.05) is 0 Å². The van der Waals surface area contributed by atoms with Crippen molar-refractivity contribution in [3.8, 4) is 39.9 Å². The normalized spacial score (nSPS) is 14.1. The molecule has 5 rings (SSSR count). The lowest BCUT2D eigenvalue weighted by molar-refractivity contribution is 0.0535. The molecule has 0 fully saturated rings. The average Bonchev–Trinajstić information content (AvgIpc) is 3.47. The molecule has 0 saturated carbocycles. The Morgan fingerprint density at radius 3 is 2.17 bits per heavy atom. The average molecular weight is 516 g/mol. The third-order valence-electron chi connectivity index (χ3n) is 5.82. The molecule has 0 unspecified atom stereocenters. The summed E-state index contributed by atoms with van der Waals surface area (Å²) in [5, 5.41) is 1.44. The number of fused-ring (bicyclic) bond motifs is 3.